The topological polar surface area (TPSA) is 35.2 Å². The molecule has 112 valence electrons. The Hall–Kier alpha value is -0.860. The number of ether oxygens (including phenoxy) is 1. The number of hydrogen-bond donors (Lipinski definition) is 1. The van der Waals surface area contributed by atoms with Crippen LogP contribution in [0.1, 0.15) is 62.3 Å². The molecular formula is C18H29NO. The van der Waals surface area contributed by atoms with Crippen LogP contribution in [0.4, 0.5) is 0 Å². The standard InChI is InChI=1S/C18H29NO/c1-13-5-6-14(2)16(11-13)17(19)12-20-15-7-9-18(3,4)10-8-15/h5-6,11,15,17H,7-10,12,19H2,1-4H3. The summed E-state index contributed by atoms with van der Waals surface area (Å²) < 4.78 is 6.06. The van der Waals surface area contributed by atoms with Gasteiger partial charge in [-0.15, -0.1) is 0 Å². The van der Waals surface area contributed by atoms with Crippen molar-refractivity contribution < 1.29 is 4.74 Å². The van der Waals surface area contributed by atoms with Crippen LogP contribution in [-0.4, -0.2) is 12.7 Å². The lowest BCUT2D eigenvalue weighted by Gasteiger charge is -2.34. The second-order valence-electron chi connectivity index (χ2n) is 7.16. The molecule has 1 aromatic rings. The highest BCUT2D eigenvalue weighted by Gasteiger charge is 2.27. The number of hydrogen-bond acceptors (Lipinski definition) is 2. The molecule has 1 aliphatic carbocycles. The summed E-state index contributed by atoms with van der Waals surface area (Å²) in [6.07, 6.45) is 5.27. The Labute approximate surface area is 123 Å². The molecule has 0 amide bonds. The fraction of sp³-hybridized carbons (Fsp3) is 0.667. The number of rotatable bonds is 4. The first-order valence-electron chi connectivity index (χ1n) is 7.82. The third-order valence-corrected chi connectivity index (χ3v) is 4.63. The molecule has 0 aliphatic heterocycles. The van der Waals surface area contributed by atoms with E-state index in [-0.39, 0.29) is 6.04 Å². The zero-order valence-electron chi connectivity index (χ0n) is 13.4. The van der Waals surface area contributed by atoms with Crippen molar-refractivity contribution in [1.82, 2.24) is 0 Å². The third-order valence-electron chi connectivity index (χ3n) is 4.63. The summed E-state index contributed by atoms with van der Waals surface area (Å²) in [5.41, 5.74) is 10.6. The molecule has 0 spiro atoms. The summed E-state index contributed by atoms with van der Waals surface area (Å²) in [6, 6.07) is 6.46. The van der Waals surface area contributed by atoms with Gasteiger partial charge in [0.05, 0.1) is 18.8 Å². The molecule has 1 unspecified atom stereocenters. The summed E-state index contributed by atoms with van der Waals surface area (Å²) in [5.74, 6) is 0. The molecule has 20 heavy (non-hydrogen) atoms. The molecule has 1 aliphatic rings. The monoisotopic (exact) mass is 275 g/mol. The number of nitrogens with two attached hydrogens (primary N) is 1. The van der Waals surface area contributed by atoms with E-state index in [1.165, 1.54) is 42.4 Å². The summed E-state index contributed by atoms with van der Waals surface area (Å²) in [7, 11) is 0. The molecule has 1 saturated carbocycles. The van der Waals surface area contributed by atoms with Gasteiger partial charge in [-0.05, 0) is 56.1 Å². The second kappa shape index (κ2) is 6.28. The summed E-state index contributed by atoms with van der Waals surface area (Å²) in [5, 5.41) is 0. The smallest absolute Gasteiger partial charge is 0.0663 e. The molecule has 1 atom stereocenters. The van der Waals surface area contributed by atoms with Crippen LogP contribution >= 0.6 is 0 Å². The molecule has 2 rings (SSSR count). The Morgan fingerprint density at radius 1 is 1.25 bits per heavy atom. The summed E-state index contributed by atoms with van der Waals surface area (Å²) in [4.78, 5) is 0. The van der Waals surface area contributed by atoms with Crippen LogP contribution < -0.4 is 5.73 Å². The first-order valence-corrected chi connectivity index (χ1v) is 7.82. The first kappa shape index (κ1) is 15.5. The van der Waals surface area contributed by atoms with Crippen LogP contribution in [0.15, 0.2) is 18.2 Å². The average molecular weight is 275 g/mol. The van der Waals surface area contributed by atoms with Crippen LogP contribution in [0.5, 0.6) is 0 Å². The highest BCUT2D eigenvalue weighted by Crippen LogP contribution is 2.36. The van der Waals surface area contributed by atoms with E-state index in [4.69, 9.17) is 10.5 Å². The van der Waals surface area contributed by atoms with Crippen molar-refractivity contribution in [2.75, 3.05) is 6.61 Å². The van der Waals surface area contributed by atoms with Crippen molar-refractivity contribution in [3.8, 4) is 0 Å². The molecule has 2 nitrogen and oxygen atoms in total. The molecule has 1 fully saturated rings. The zero-order valence-corrected chi connectivity index (χ0v) is 13.4. The lowest BCUT2D eigenvalue weighted by Crippen LogP contribution is -2.29. The van der Waals surface area contributed by atoms with Crippen LogP contribution in [0, 0.1) is 19.3 Å². The summed E-state index contributed by atoms with van der Waals surface area (Å²) in [6.45, 7) is 9.57. The summed E-state index contributed by atoms with van der Waals surface area (Å²) >= 11 is 0. The van der Waals surface area contributed by atoms with Gasteiger partial charge in [-0.2, -0.15) is 0 Å². The molecule has 0 aromatic heterocycles. The Morgan fingerprint density at radius 2 is 1.90 bits per heavy atom. The molecule has 0 radical (unpaired) electrons. The third kappa shape index (κ3) is 4.07. The highest BCUT2D eigenvalue weighted by molar-refractivity contribution is 5.32. The van der Waals surface area contributed by atoms with Crippen LogP contribution in [-0.2, 0) is 4.74 Å². The van der Waals surface area contributed by atoms with Crippen molar-refractivity contribution in [3.05, 3.63) is 34.9 Å². The van der Waals surface area contributed by atoms with Crippen molar-refractivity contribution in [2.24, 2.45) is 11.1 Å². The maximum absolute atomic E-state index is 6.31. The van der Waals surface area contributed by atoms with Crippen molar-refractivity contribution >= 4 is 0 Å². The van der Waals surface area contributed by atoms with Crippen molar-refractivity contribution in [3.63, 3.8) is 0 Å². The van der Waals surface area contributed by atoms with Gasteiger partial charge in [0, 0.05) is 0 Å². The fourth-order valence-corrected chi connectivity index (χ4v) is 3.03. The molecule has 0 bridgehead atoms. The van der Waals surface area contributed by atoms with Gasteiger partial charge in [0.1, 0.15) is 0 Å². The van der Waals surface area contributed by atoms with Gasteiger partial charge < -0.3 is 10.5 Å². The van der Waals surface area contributed by atoms with E-state index in [0.29, 0.717) is 18.1 Å². The Balaban J connectivity index is 1.86. The van der Waals surface area contributed by atoms with E-state index in [9.17, 15) is 0 Å². The van der Waals surface area contributed by atoms with Gasteiger partial charge in [-0.1, -0.05) is 37.6 Å². The highest BCUT2D eigenvalue weighted by atomic mass is 16.5. The van der Waals surface area contributed by atoms with Gasteiger partial charge in [-0.3, -0.25) is 0 Å². The second-order valence-corrected chi connectivity index (χ2v) is 7.16. The zero-order chi connectivity index (χ0) is 14.8. The van der Waals surface area contributed by atoms with Crippen LogP contribution in [0.3, 0.4) is 0 Å². The molecule has 2 N–H and O–H groups in total. The SMILES string of the molecule is Cc1ccc(C)c(C(N)COC2CCC(C)(C)CC2)c1. The van der Waals surface area contributed by atoms with E-state index in [0.717, 1.165) is 0 Å². The van der Waals surface area contributed by atoms with Gasteiger partial charge >= 0.3 is 0 Å². The lowest BCUT2D eigenvalue weighted by molar-refractivity contribution is -0.00190. The normalized spacial score (nSPS) is 20.9. The quantitative estimate of drug-likeness (QED) is 0.889. The average Bonchev–Trinajstić information content (AvgIpc) is 2.40. The number of aryl methyl sites for hydroxylation is 2. The molecule has 1 aromatic carbocycles. The Kier molecular flexibility index (Phi) is 4.87. The molecular weight excluding hydrogens is 246 g/mol. The Bertz CT molecular complexity index is 443. The first-order chi connectivity index (χ1) is 9.37. The maximum Gasteiger partial charge on any atom is 0.0663 e. The van der Waals surface area contributed by atoms with E-state index in [1.807, 2.05) is 0 Å². The minimum absolute atomic E-state index is 0.00941. The van der Waals surface area contributed by atoms with Gasteiger partial charge in [0.25, 0.3) is 0 Å². The molecule has 0 heterocycles. The van der Waals surface area contributed by atoms with Crippen LogP contribution in [0.2, 0.25) is 0 Å². The van der Waals surface area contributed by atoms with E-state index in [1.54, 1.807) is 0 Å². The minimum Gasteiger partial charge on any atom is -0.376 e. The molecule has 2 heteroatoms. The van der Waals surface area contributed by atoms with E-state index < -0.39 is 0 Å². The van der Waals surface area contributed by atoms with E-state index >= 15 is 0 Å². The van der Waals surface area contributed by atoms with Gasteiger partial charge in [-0.25, -0.2) is 0 Å². The Morgan fingerprint density at radius 3 is 2.55 bits per heavy atom. The predicted molar refractivity (Wildman–Crippen MR) is 84.8 cm³/mol. The maximum atomic E-state index is 6.31. The van der Waals surface area contributed by atoms with E-state index in [2.05, 4.69) is 45.9 Å². The van der Waals surface area contributed by atoms with Crippen molar-refractivity contribution in [2.45, 2.75) is 65.5 Å². The fourth-order valence-electron chi connectivity index (χ4n) is 3.03. The minimum atomic E-state index is -0.00941. The van der Waals surface area contributed by atoms with Gasteiger partial charge in [0.15, 0.2) is 0 Å². The molecule has 0 saturated heterocycles. The van der Waals surface area contributed by atoms with Crippen molar-refractivity contribution in [1.29, 1.82) is 0 Å². The van der Waals surface area contributed by atoms with Crippen LogP contribution in [0.25, 0.3) is 0 Å². The largest absolute Gasteiger partial charge is 0.376 e. The lowest BCUT2D eigenvalue weighted by atomic mass is 9.76. The number of benzene rings is 1. The predicted octanol–water partition coefficient (Wildman–Crippen LogP) is 4.29. The van der Waals surface area contributed by atoms with Gasteiger partial charge in [0.2, 0.25) is 0 Å².